The molecule has 358 valence electrons. The number of hydrogen-bond donors (Lipinski definition) is 2. The Balaban J connectivity index is 1.43. The fraction of sp³-hybridized carbons (Fsp3) is 0.375. The van der Waals surface area contributed by atoms with Crippen LogP contribution in [0.2, 0.25) is 0 Å². The molecule has 2 unspecified atom stereocenters. The molecule has 0 radical (unpaired) electrons. The van der Waals surface area contributed by atoms with Crippen LogP contribution < -0.4 is 32.2 Å². The summed E-state index contributed by atoms with van der Waals surface area (Å²) in [6.45, 7) is 12.8. The van der Waals surface area contributed by atoms with Crippen LogP contribution in [0.3, 0.4) is 0 Å². The maximum Gasteiger partial charge on any atom is 0.298 e. The normalized spacial score (nSPS) is 13.1. The molecule has 68 heavy (non-hydrogen) atoms. The van der Waals surface area contributed by atoms with Gasteiger partial charge in [-0.3, -0.25) is 28.5 Å². The topological polar surface area (TPSA) is 237 Å². The lowest BCUT2D eigenvalue weighted by atomic mass is 10.1. The van der Waals surface area contributed by atoms with Gasteiger partial charge in [0.15, 0.2) is 0 Å². The average molecular weight is 931 g/mol. The Morgan fingerprint density at radius 1 is 0.647 bits per heavy atom. The van der Waals surface area contributed by atoms with E-state index >= 15 is 0 Å². The first-order valence-electron chi connectivity index (χ1n) is 22.4. The maximum atomic E-state index is 14.3. The van der Waals surface area contributed by atoms with Gasteiger partial charge in [0.05, 0.1) is 48.1 Å². The Morgan fingerprint density at radius 3 is 1.68 bits per heavy atom. The molecule has 4 amide bonds. The fourth-order valence-corrected chi connectivity index (χ4v) is 8.39. The third kappa shape index (κ3) is 9.77. The number of carbonyl (C=O) groups is 4. The lowest BCUT2D eigenvalue weighted by molar-refractivity contribution is -0.0801. The molecule has 0 saturated carbocycles. The number of carbonyl (C=O) groups excluding carboxylic acids is 4. The molecule has 7 aromatic rings. The molecule has 2 atom stereocenters. The van der Waals surface area contributed by atoms with Crippen LogP contribution in [0, 0.1) is 13.8 Å². The van der Waals surface area contributed by atoms with Gasteiger partial charge in [0, 0.05) is 51.5 Å². The largest absolute Gasteiger partial charge is 0.497 e. The van der Waals surface area contributed by atoms with Crippen LogP contribution >= 0.6 is 0 Å². The van der Waals surface area contributed by atoms with Crippen LogP contribution in [0.25, 0.3) is 22.1 Å². The minimum Gasteiger partial charge on any atom is -0.497 e. The van der Waals surface area contributed by atoms with E-state index in [0.29, 0.717) is 69.4 Å². The quantitative estimate of drug-likeness (QED) is 0.118. The zero-order chi connectivity index (χ0) is 49.0. The van der Waals surface area contributed by atoms with Crippen LogP contribution in [0.15, 0.2) is 76.7 Å². The number of nitrogens with zero attached hydrogens (tertiary/aromatic N) is 10. The van der Waals surface area contributed by atoms with Crippen molar-refractivity contribution in [1.82, 2.24) is 37.8 Å². The molecule has 0 saturated heterocycles. The van der Waals surface area contributed by atoms with E-state index in [4.69, 9.17) is 35.4 Å². The van der Waals surface area contributed by atoms with Gasteiger partial charge < -0.3 is 48.7 Å². The van der Waals surface area contributed by atoms with Gasteiger partial charge in [0.25, 0.3) is 11.8 Å². The van der Waals surface area contributed by atoms with E-state index in [0.717, 1.165) is 5.56 Å². The molecule has 3 aromatic carbocycles. The number of fused-ring (bicyclic) bond motifs is 2. The number of nitrogens with two attached hydrogens (primary N) is 2. The van der Waals surface area contributed by atoms with E-state index in [1.807, 2.05) is 68.0 Å². The zero-order valence-electron chi connectivity index (χ0n) is 39.8. The smallest absolute Gasteiger partial charge is 0.298 e. The van der Waals surface area contributed by atoms with Gasteiger partial charge >= 0.3 is 0 Å². The van der Waals surface area contributed by atoms with E-state index in [2.05, 4.69) is 15.2 Å². The molecular formula is C48H58N12O8. The molecule has 0 aliphatic carbocycles. The van der Waals surface area contributed by atoms with Crippen molar-refractivity contribution in [1.29, 1.82) is 0 Å². The highest BCUT2D eigenvalue weighted by Crippen LogP contribution is 2.30. The summed E-state index contributed by atoms with van der Waals surface area (Å²) in [6.07, 6.45) is -1.52. The van der Waals surface area contributed by atoms with E-state index in [9.17, 15) is 19.2 Å². The molecular weight excluding hydrogens is 873 g/mol. The first-order chi connectivity index (χ1) is 32.6. The Morgan fingerprint density at radius 2 is 1.16 bits per heavy atom. The summed E-state index contributed by atoms with van der Waals surface area (Å²) in [5.74, 6) is -1.39. The first kappa shape index (κ1) is 48.4. The SMILES string of the molecule is CCOC(Cn1/c(=N/C(=O)c2cc(C)nn2CC)n(C)c2cc(C(N)=O)ccc21)C(Cn1/c(=N/C(=O)c2cc(C)nn2CC)n(C)c2cc(C(N)=O)cc(OCc3ccc(OC)cc3)c21)OCC. The number of benzene rings is 3. The maximum absolute atomic E-state index is 14.3. The van der Waals surface area contributed by atoms with Crippen molar-refractivity contribution in [3.63, 3.8) is 0 Å². The molecule has 0 aliphatic rings. The molecule has 4 aromatic heterocycles. The number of aromatic nitrogens is 8. The van der Waals surface area contributed by atoms with Gasteiger partial charge in [-0.05, 0) is 102 Å². The summed E-state index contributed by atoms with van der Waals surface area (Å²) in [7, 11) is 5.08. The van der Waals surface area contributed by atoms with Gasteiger partial charge in [0.2, 0.25) is 23.1 Å². The third-order valence-electron chi connectivity index (χ3n) is 11.7. The van der Waals surface area contributed by atoms with E-state index in [-0.39, 0.29) is 55.3 Å². The molecule has 20 nitrogen and oxygen atoms in total. The van der Waals surface area contributed by atoms with Crippen molar-refractivity contribution in [3.8, 4) is 11.5 Å². The van der Waals surface area contributed by atoms with Gasteiger partial charge in [-0.15, -0.1) is 0 Å². The first-order valence-corrected chi connectivity index (χ1v) is 22.4. The van der Waals surface area contributed by atoms with Crippen molar-refractivity contribution < 1.29 is 38.1 Å². The van der Waals surface area contributed by atoms with Crippen molar-refractivity contribution in [3.05, 3.63) is 117 Å². The number of primary amides is 2. The van der Waals surface area contributed by atoms with Crippen LogP contribution in [0.1, 0.15) is 86.3 Å². The van der Waals surface area contributed by atoms with E-state index in [1.54, 1.807) is 89.1 Å². The number of rotatable bonds is 19. The minimum atomic E-state index is -0.770. The standard InChI is InChI=1S/C48H58N12O8/c1-10-59-37(20-28(5)53-59)45(63)51-47-55(7)35-22-31(43(49)61)16-19-34(35)57(47)25-40(66-12-3)41(67-13-4)26-58-42-36(56(8)48(58)52-46(64)38-21-29(6)54-60(38)11-2)23-32(44(50)62)24-39(42)68-27-30-14-17-33(65-9)18-15-30/h14-24,40-41H,10-13,25-27H2,1-9H3,(H2,49,61)(H2,50,62)/b51-47+,52-48+. The Kier molecular flexibility index (Phi) is 14.6. The molecule has 4 N–H and O–H groups in total. The van der Waals surface area contributed by atoms with Crippen LogP contribution in [-0.2, 0) is 56.4 Å². The molecule has 0 aliphatic heterocycles. The van der Waals surface area contributed by atoms with Crippen LogP contribution in [0.4, 0.5) is 0 Å². The number of imidazole rings is 2. The number of hydrogen-bond acceptors (Lipinski definition) is 10. The number of aryl methyl sites for hydroxylation is 6. The van der Waals surface area contributed by atoms with E-state index in [1.165, 1.54) is 0 Å². The monoisotopic (exact) mass is 930 g/mol. The summed E-state index contributed by atoms with van der Waals surface area (Å²) < 4.78 is 35.4. The molecule has 0 spiro atoms. The van der Waals surface area contributed by atoms with Gasteiger partial charge in [-0.2, -0.15) is 20.2 Å². The second-order valence-corrected chi connectivity index (χ2v) is 16.1. The summed E-state index contributed by atoms with van der Waals surface area (Å²) in [5.41, 5.74) is 17.5. The molecule has 4 heterocycles. The number of amides is 4. The Labute approximate surface area is 392 Å². The van der Waals surface area contributed by atoms with Gasteiger partial charge in [0.1, 0.15) is 47.2 Å². The van der Waals surface area contributed by atoms with Crippen molar-refractivity contribution in [2.45, 2.75) is 86.5 Å². The highest BCUT2D eigenvalue weighted by atomic mass is 16.5. The predicted molar refractivity (Wildman–Crippen MR) is 252 cm³/mol. The Hall–Kier alpha value is -7.58. The molecule has 20 heteroatoms. The van der Waals surface area contributed by atoms with Gasteiger partial charge in [-0.25, -0.2) is 0 Å². The highest BCUT2D eigenvalue weighted by molar-refractivity contribution is 5.99. The lowest BCUT2D eigenvalue weighted by Gasteiger charge is -2.28. The van der Waals surface area contributed by atoms with Crippen molar-refractivity contribution in [2.24, 2.45) is 35.5 Å². The zero-order valence-corrected chi connectivity index (χ0v) is 39.8. The van der Waals surface area contributed by atoms with E-state index < -0.39 is 35.8 Å². The number of methoxy groups -OCH3 is 1. The molecule has 7 rings (SSSR count). The summed E-state index contributed by atoms with van der Waals surface area (Å²) in [4.78, 5) is 63.0. The minimum absolute atomic E-state index is 0.0420. The Bertz CT molecular complexity index is 3180. The highest BCUT2D eigenvalue weighted by Gasteiger charge is 2.30. The second kappa shape index (κ2) is 20.5. The van der Waals surface area contributed by atoms with Crippen LogP contribution in [-0.4, -0.2) is 94.0 Å². The fourth-order valence-electron chi connectivity index (χ4n) is 8.39. The summed E-state index contributed by atoms with van der Waals surface area (Å²) >= 11 is 0. The second-order valence-electron chi connectivity index (χ2n) is 16.1. The third-order valence-corrected chi connectivity index (χ3v) is 11.7. The molecule has 0 bridgehead atoms. The summed E-state index contributed by atoms with van der Waals surface area (Å²) in [5, 5.41) is 8.94. The van der Waals surface area contributed by atoms with Crippen molar-refractivity contribution in [2.75, 3.05) is 20.3 Å². The van der Waals surface area contributed by atoms with Crippen molar-refractivity contribution >= 4 is 45.7 Å². The summed E-state index contributed by atoms with van der Waals surface area (Å²) in [6, 6.07) is 19.0. The number of ether oxygens (including phenoxy) is 4. The molecule has 0 fully saturated rings. The average Bonchev–Trinajstić information content (AvgIpc) is 4.05. The van der Waals surface area contributed by atoms with Gasteiger partial charge in [-0.1, -0.05) is 12.1 Å². The predicted octanol–water partition coefficient (Wildman–Crippen LogP) is 4.10. The lowest BCUT2D eigenvalue weighted by Crippen LogP contribution is -2.43. The van der Waals surface area contributed by atoms with Crippen LogP contribution in [0.5, 0.6) is 11.5 Å².